The van der Waals surface area contributed by atoms with E-state index in [-0.39, 0.29) is 5.91 Å². The number of allylic oxidation sites excluding steroid dienone is 1. The Morgan fingerprint density at radius 3 is 2.22 bits per heavy atom. The van der Waals surface area contributed by atoms with Crippen molar-refractivity contribution in [3.05, 3.63) is 106 Å². The quantitative estimate of drug-likeness (QED) is 0.331. The number of rotatable bonds is 6. The average Bonchev–Trinajstić information content (AvgIpc) is 3.23. The van der Waals surface area contributed by atoms with Crippen LogP contribution in [0.4, 0.5) is 5.95 Å². The Morgan fingerprint density at radius 2 is 1.56 bits per heavy atom. The summed E-state index contributed by atoms with van der Waals surface area (Å²) in [6.45, 7) is 2.48. The molecular formula is C25H20Cl2N4O. The van der Waals surface area contributed by atoms with E-state index < -0.39 is 0 Å². The number of hydrogen-bond donors (Lipinski definition) is 1. The number of nitrogens with zero attached hydrogens (tertiary/aromatic N) is 3. The lowest BCUT2D eigenvalue weighted by atomic mass is 10.1. The van der Waals surface area contributed by atoms with Crippen LogP contribution in [0, 0.1) is 6.92 Å². The number of aryl methyl sites for hydroxylation is 1. The van der Waals surface area contributed by atoms with Crippen molar-refractivity contribution in [2.75, 3.05) is 5.32 Å². The van der Waals surface area contributed by atoms with Crippen LogP contribution >= 0.6 is 23.2 Å². The summed E-state index contributed by atoms with van der Waals surface area (Å²) in [6, 6.07) is 22.5. The van der Waals surface area contributed by atoms with Gasteiger partial charge in [-0.1, -0.05) is 77.3 Å². The molecule has 32 heavy (non-hydrogen) atoms. The molecule has 0 saturated carbocycles. The van der Waals surface area contributed by atoms with Crippen molar-refractivity contribution in [3.8, 4) is 11.4 Å². The van der Waals surface area contributed by atoms with Crippen molar-refractivity contribution in [3.63, 3.8) is 0 Å². The topological polar surface area (TPSA) is 59.8 Å². The summed E-state index contributed by atoms with van der Waals surface area (Å²) in [5.41, 5.74) is 3.83. The number of hydrogen-bond acceptors (Lipinski definition) is 4. The van der Waals surface area contributed by atoms with Crippen LogP contribution < -0.4 is 5.32 Å². The summed E-state index contributed by atoms with van der Waals surface area (Å²) in [7, 11) is 0. The Labute approximate surface area is 196 Å². The lowest BCUT2D eigenvalue weighted by molar-refractivity contribution is 0.0957. The van der Waals surface area contributed by atoms with E-state index in [1.54, 1.807) is 18.2 Å². The van der Waals surface area contributed by atoms with E-state index in [2.05, 4.69) is 15.4 Å². The summed E-state index contributed by atoms with van der Waals surface area (Å²) in [4.78, 5) is 17.5. The van der Waals surface area contributed by atoms with Crippen LogP contribution in [0.1, 0.15) is 21.5 Å². The zero-order valence-electron chi connectivity index (χ0n) is 17.3. The average molecular weight is 463 g/mol. The van der Waals surface area contributed by atoms with E-state index in [1.165, 1.54) is 10.8 Å². The van der Waals surface area contributed by atoms with Gasteiger partial charge in [-0.05, 0) is 48.4 Å². The van der Waals surface area contributed by atoms with Crippen molar-refractivity contribution in [2.24, 2.45) is 0 Å². The molecule has 0 radical (unpaired) electrons. The van der Waals surface area contributed by atoms with Crippen molar-refractivity contribution < 1.29 is 4.79 Å². The largest absolute Gasteiger partial charge is 0.350 e. The van der Waals surface area contributed by atoms with Gasteiger partial charge in [-0.2, -0.15) is 9.67 Å². The smallest absolute Gasteiger partial charge is 0.274 e. The highest BCUT2D eigenvalue weighted by molar-refractivity contribution is 6.30. The van der Waals surface area contributed by atoms with Crippen LogP contribution in [0.3, 0.4) is 0 Å². The molecular weight excluding hydrogens is 443 g/mol. The molecule has 7 heteroatoms. The van der Waals surface area contributed by atoms with Crippen molar-refractivity contribution >= 4 is 41.1 Å². The monoisotopic (exact) mass is 462 g/mol. The van der Waals surface area contributed by atoms with Crippen LogP contribution in [0.2, 0.25) is 10.0 Å². The number of carbonyl (C=O) groups is 1. The highest BCUT2D eigenvalue weighted by Gasteiger charge is 2.15. The number of carbonyl (C=O) groups excluding carboxylic acids is 1. The van der Waals surface area contributed by atoms with E-state index in [1.807, 2.05) is 67.6 Å². The Hall–Kier alpha value is -3.41. The minimum Gasteiger partial charge on any atom is -0.350 e. The molecule has 0 bridgehead atoms. The van der Waals surface area contributed by atoms with Gasteiger partial charge in [0, 0.05) is 28.2 Å². The van der Waals surface area contributed by atoms with Crippen LogP contribution in [-0.2, 0) is 6.54 Å². The number of halogens is 2. The molecule has 0 aliphatic rings. The molecule has 1 heterocycles. The van der Waals surface area contributed by atoms with Gasteiger partial charge in [0.1, 0.15) is 0 Å². The second kappa shape index (κ2) is 9.81. The molecule has 1 N–H and O–H groups in total. The predicted molar refractivity (Wildman–Crippen MR) is 130 cm³/mol. The van der Waals surface area contributed by atoms with Crippen molar-refractivity contribution in [1.29, 1.82) is 0 Å². The van der Waals surface area contributed by atoms with Crippen molar-refractivity contribution in [1.82, 2.24) is 14.8 Å². The van der Waals surface area contributed by atoms with Crippen LogP contribution in [0.5, 0.6) is 0 Å². The molecule has 5 nitrogen and oxygen atoms in total. The Morgan fingerprint density at radius 1 is 0.938 bits per heavy atom. The Balaban J connectivity index is 1.61. The predicted octanol–water partition coefficient (Wildman–Crippen LogP) is 6.53. The molecule has 0 atom stereocenters. The number of benzene rings is 3. The molecule has 3 aromatic carbocycles. The lowest BCUT2D eigenvalue weighted by Gasteiger charge is -2.06. The number of nitrogens with one attached hydrogen (secondary N) is 1. The molecule has 0 aliphatic heterocycles. The summed E-state index contributed by atoms with van der Waals surface area (Å²) in [6.07, 6.45) is 3.18. The summed E-state index contributed by atoms with van der Waals surface area (Å²) >= 11 is 11.9. The van der Waals surface area contributed by atoms with Crippen LogP contribution in [0.15, 0.2) is 78.9 Å². The first kappa shape index (κ1) is 21.8. The van der Waals surface area contributed by atoms with E-state index in [4.69, 9.17) is 23.2 Å². The molecule has 0 spiro atoms. The van der Waals surface area contributed by atoms with E-state index >= 15 is 0 Å². The van der Waals surface area contributed by atoms with Gasteiger partial charge < -0.3 is 5.32 Å². The first-order valence-corrected chi connectivity index (χ1v) is 10.7. The zero-order chi connectivity index (χ0) is 22.5. The normalized spacial score (nSPS) is 11.1. The van der Waals surface area contributed by atoms with E-state index in [0.29, 0.717) is 28.4 Å². The fraction of sp³-hybridized carbons (Fsp3) is 0.0800. The first-order chi connectivity index (χ1) is 15.5. The van der Waals surface area contributed by atoms with Crippen molar-refractivity contribution in [2.45, 2.75) is 13.5 Å². The van der Waals surface area contributed by atoms with Gasteiger partial charge in [-0.15, -0.1) is 5.10 Å². The summed E-state index contributed by atoms with van der Waals surface area (Å²) in [5.74, 6) is 0.516. The maximum absolute atomic E-state index is 13.0. The van der Waals surface area contributed by atoms with E-state index in [0.717, 1.165) is 22.3 Å². The molecule has 0 fully saturated rings. The Bertz CT molecular complexity index is 1240. The van der Waals surface area contributed by atoms with Crippen LogP contribution in [0.25, 0.3) is 17.5 Å². The first-order valence-electron chi connectivity index (χ1n) is 9.98. The second-order valence-electron chi connectivity index (χ2n) is 7.24. The minimum absolute atomic E-state index is 0.315. The molecule has 4 rings (SSSR count). The molecule has 0 saturated heterocycles. The van der Waals surface area contributed by atoms with Crippen LogP contribution in [-0.4, -0.2) is 20.7 Å². The minimum atomic E-state index is -0.315. The zero-order valence-corrected chi connectivity index (χ0v) is 18.8. The number of aromatic nitrogens is 3. The third-order valence-corrected chi connectivity index (χ3v) is 5.28. The van der Waals surface area contributed by atoms with Gasteiger partial charge in [0.15, 0.2) is 5.82 Å². The molecule has 1 aromatic heterocycles. The van der Waals surface area contributed by atoms with Gasteiger partial charge in [-0.3, -0.25) is 4.79 Å². The van der Waals surface area contributed by atoms with Gasteiger partial charge in [0.2, 0.25) is 5.95 Å². The maximum atomic E-state index is 13.0. The SMILES string of the molecule is Cc1ccc(-c2nc(NCc3ccc(Cl)cc3)n(C(=O)C=Cc3ccc(Cl)cc3)n2)cc1. The highest BCUT2D eigenvalue weighted by atomic mass is 35.5. The fourth-order valence-corrected chi connectivity index (χ4v) is 3.25. The maximum Gasteiger partial charge on any atom is 0.274 e. The van der Waals surface area contributed by atoms with Gasteiger partial charge >= 0.3 is 0 Å². The molecule has 0 aliphatic carbocycles. The van der Waals surface area contributed by atoms with Gasteiger partial charge in [0.25, 0.3) is 5.91 Å². The molecule has 0 unspecified atom stereocenters. The fourth-order valence-electron chi connectivity index (χ4n) is 3.00. The number of anilines is 1. The lowest BCUT2D eigenvalue weighted by Crippen LogP contribution is -2.14. The summed E-state index contributed by atoms with van der Waals surface area (Å²) in [5, 5.41) is 8.98. The van der Waals surface area contributed by atoms with Gasteiger partial charge in [-0.25, -0.2) is 0 Å². The standard InChI is InChI=1S/C25H20Cl2N4O/c1-17-2-9-20(10-3-17)24-29-25(28-16-19-6-13-22(27)14-7-19)31(30-24)23(32)15-8-18-4-11-21(26)12-5-18/h2-15H,16H2,1H3,(H,28,29,30). The third kappa shape index (κ3) is 5.44. The molecule has 4 aromatic rings. The highest BCUT2D eigenvalue weighted by Crippen LogP contribution is 2.20. The molecule has 0 amide bonds. The molecule has 160 valence electrons. The third-order valence-electron chi connectivity index (χ3n) is 4.78. The van der Waals surface area contributed by atoms with E-state index in [9.17, 15) is 4.79 Å². The summed E-state index contributed by atoms with van der Waals surface area (Å²) < 4.78 is 1.28. The second-order valence-corrected chi connectivity index (χ2v) is 8.11. The Kier molecular flexibility index (Phi) is 6.69. The van der Waals surface area contributed by atoms with Gasteiger partial charge in [0.05, 0.1) is 0 Å².